The number of hydrogen-bond acceptors (Lipinski definition) is 7. The lowest BCUT2D eigenvalue weighted by Gasteiger charge is -2.34. The molecule has 0 saturated carbocycles. The molecule has 1 aromatic rings. The first-order chi connectivity index (χ1) is 14.1. The van der Waals surface area contributed by atoms with Gasteiger partial charge in [0, 0.05) is 52.0 Å². The molecular formula is C20H29N3O6. The number of carbonyl (C=O) groups is 2. The van der Waals surface area contributed by atoms with Crippen LogP contribution in [0, 0.1) is 0 Å². The Labute approximate surface area is 170 Å². The highest BCUT2D eigenvalue weighted by Gasteiger charge is 2.26. The smallest absolute Gasteiger partial charge is 0.254 e. The normalized spacial score (nSPS) is 16.4. The predicted molar refractivity (Wildman–Crippen MR) is 106 cm³/mol. The Bertz CT molecular complexity index is 701. The molecule has 0 radical (unpaired) electrons. The van der Waals surface area contributed by atoms with Gasteiger partial charge in [-0.2, -0.15) is 0 Å². The number of piperazine rings is 1. The van der Waals surface area contributed by atoms with Crippen LogP contribution in [0.4, 0.5) is 0 Å². The van der Waals surface area contributed by atoms with Gasteiger partial charge in [0.25, 0.3) is 5.91 Å². The maximum atomic E-state index is 12.9. The van der Waals surface area contributed by atoms with E-state index in [9.17, 15) is 9.59 Å². The van der Waals surface area contributed by atoms with Crippen LogP contribution in [0.25, 0.3) is 0 Å². The fraction of sp³-hybridized carbons (Fsp3) is 0.600. The highest BCUT2D eigenvalue weighted by Crippen LogP contribution is 2.40. The summed E-state index contributed by atoms with van der Waals surface area (Å²) in [5.74, 6) is 1.48. The number of hydrogen-bond donors (Lipinski definition) is 1. The van der Waals surface area contributed by atoms with E-state index in [1.165, 1.54) is 0 Å². The molecule has 160 valence electrons. The highest BCUT2D eigenvalue weighted by molar-refractivity contribution is 5.95. The maximum absolute atomic E-state index is 12.9. The molecule has 0 aliphatic carbocycles. The van der Waals surface area contributed by atoms with Gasteiger partial charge in [-0.3, -0.25) is 14.5 Å². The van der Waals surface area contributed by atoms with E-state index in [2.05, 4.69) is 10.2 Å². The molecule has 2 aliphatic rings. The third-order valence-corrected chi connectivity index (χ3v) is 4.95. The molecule has 2 amide bonds. The van der Waals surface area contributed by atoms with Crippen LogP contribution in [0.15, 0.2) is 12.1 Å². The molecule has 0 spiro atoms. The summed E-state index contributed by atoms with van der Waals surface area (Å²) in [6, 6.07) is 3.40. The van der Waals surface area contributed by atoms with Crippen molar-refractivity contribution in [3.8, 4) is 17.2 Å². The van der Waals surface area contributed by atoms with Crippen molar-refractivity contribution in [3.05, 3.63) is 17.7 Å². The van der Waals surface area contributed by atoms with Gasteiger partial charge in [0.15, 0.2) is 11.5 Å². The average molecular weight is 407 g/mol. The molecule has 9 heteroatoms. The summed E-state index contributed by atoms with van der Waals surface area (Å²) in [7, 11) is 3.19. The molecule has 1 aromatic carbocycles. The van der Waals surface area contributed by atoms with Crippen molar-refractivity contribution in [2.75, 3.05) is 73.3 Å². The number of methoxy groups -OCH3 is 2. The average Bonchev–Trinajstić information content (AvgIpc) is 2.76. The van der Waals surface area contributed by atoms with Crippen LogP contribution in [-0.2, 0) is 9.53 Å². The zero-order valence-electron chi connectivity index (χ0n) is 17.1. The van der Waals surface area contributed by atoms with E-state index in [0.717, 1.165) is 6.42 Å². The SMILES string of the molecule is COCCCNC(=O)CN1CCN(C(=O)c2cc(OC)c3c(c2)OCCO3)CC1. The Morgan fingerprint density at radius 1 is 1.10 bits per heavy atom. The number of nitrogens with one attached hydrogen (secondary N) is 1. The van der Waals surface area contributed by atoms with Gasteiger partial charge >= 0.3 is 0 Å². The number of amides is 2. The van der Waals surface area contributed by atoms with Crippen molar-refractivity contribution in [3.63, 3.8) is 0 Å². The Morgan fingerprint density at radius 3 is 2.59 bits per heavy atom. The van der Waals surface area contributed by atoms with Gasteiger partial charge < -0.3 is 29.2 Å². The molecule has 2 heterocycles. The zero-order valence-corrected chi connectivity index (χ0v) is 17.1. The van der Waals surface area contributed by atoms with Gasteiger partial charge in [0.1, 0.15) is 13.2 Å². The fourth-order valence-corrected chi connectivity index (χ4v) is 3.39. The molecule has 29 heavy (non-hydrogen) atoms. The van der Waals surface area contributed by atoms with E-state index < -0.39 is 0 Å². The number of rotatable bonds is 8. The second-order valence-electron chi connectivity index (χ2n) is 6.97. The first kappa shape index (κ1) is 21.2. The van der Waals surface area contributed by atoms with E-state index in [1.807, 2.05) is 0 Å². The second-order valence-corrected chi connectivity index (χ2v) is 6.97. The Kier molecular flexibility index (Phi) is 7.54. The van der Waals surface area contributed by atoms with Crippen LogP contribution in [0.2, 0.25) is 0 Å². The van der Waals surface area contributed by atoms with Crippen LogP contribution in [0.3, 0.4) is 0 Å². The number of nitrogens with zero attached hydrogens (tertiary/aromatic N) is 2. The first-order valence-corrected chi connectivity index (χ1v) is 9.87. The van der Waals surface area contributed by atoms with Crippen LogP contribution < -0.4 is 19.5 Å². The van der Waals surface area contributed by atoms with E-state index in [-0.39, 0.29) is 11.8 Å². The predicted octanol–water partition coefficient (Wildman–Crippen LogP) is 0.377. The molecular weight excluding hydrogens is 378 g/mol. The molecule has 1 saturated heterocycles. The lowest BCUT2D eigenvalue weighted by atomic mass is 10.1. The minimum atomic E-state index is -0.0797. The minimum absolute atomic E-state index is 0.00236. The molecule has 9 nitrogen and oxygen atoms in total. The van der Waals surface area contributed by atoms with Crippen molar-refractivity contribution in [1.29, 1.82) is 0 Å². The van der Waals surface area contributed by atoms with E-state index in [4.69, 9.17) is 18.9 Å². The molecule has 3 rings (SSSR count). The standard InChI is InChI=1S/C20H29N3O6/c1-26-9-3-4-21-18(24)14-22-5-7-23(8-6-22)20(25)15-12-16(27-2)19-17(13-15)28-10-11-29-19/h12-13H,3-11,14H2,1-2H3,(H,21,24). The van der Waals surface area contributed by atoms with Gasteiger partial charge in [0.2, 0.25) is 11.7 Å². The van der Waals surface area contributed by atoms with Crippen molar-refractivity contribution in [1.82, 2.24) is 15.1 Å². The summed E-state index contributed by atoms with van der Waals surface area (Å²) < 4.78 is 21.5. The molecule has 0 bridgehead atoms. The first-order valence-electron chi connectivity index (χ1n) is 9.87. The largest absolute Gasteiger partial charge is 0.493 e. The molecule has 1 N–H and O–H groups in total. The van der Waals surface area contributed by atoms with E-state index in [1.54, 1.807) is 31.3 Å². The quantitative estimate of drug-likeness (QED) is 0.623. The zero-order chi connectivity index (χ0) is 20.6. The number of ether oxygens (including phenoxy) is 4. The molecule has 0 aromatic heterocycles. The lowest BCUT2D eigenvalue weighted by Crippen LogP contribution is -2.51. The van der Waals surface area contributed by atoms with Crippen LogP contribution in [-0.4, -0.2) is 94.9 Å². The molecule has 1 fully saturated rings. The molecule has 0 unspecified atom stereocenters. The van der Waals surface area contributed by atoms with Gasteiger partial charge in [-0.1, -0.05) is 0 Å². The number of fused-ring (bicyclic) bond motifs is 1. The van der Waals surface area contributed by atoms with Gasteiger partial charge in [-0.25, -0.2) is 0 Å². The second kappa shape index (κ2) is 10.3. The van der Waals surface area contributed by atoms with Crippen molar-refractivity contribution in [2.45, 2.75) is 6.42 Å². The lowest BCUT2D eigenvalue weighted by molar-refractivity contribution is -0.122. The highest BCUT2D eigenvalue weighted by atomic mass is 16.6. The third kappa shape index (κ3) is 5.51. The Balaban J connectivity index is 1.52. The van der Waals surface area contributed by atoms with Crippen molar-refractivity contribution >= 4 is 11.8 Å². The fourth-order valence-electron chi connectivity index (χ4n) is 3.39. The van der Waals surface area contributed by atoms with Gasteiger partial charge in [-0.05, 0) is 18.6 Å². The van der Waals surface area contributed by atoms with Crippen molar-refractivity contribution < 1.29 is 28.5 Å². The monoisotopic (exact) mass is 407 g/mol. The summed E-state index contributed by atoms with van der Waals surface area (Å²) in [5.41, 5.74) is 0.510. The summed E-state index contributed by atoms with van der Waals surface area (Å²) in [5, 5.41) is 2.89. The van der Waals surface area contributed by atoms with Crippen LogP contribution in [0.1, 0.15) is 16.8 Å². The number of carbonyl (C=O) groups excluding carboxylic acids is 2. The van der Waals surface area contributed by atoms with Crippen LogP contribution in [0.5, 0.6) is 17.2 Å². The topological polar surface area (TPSA) is 89.6 Å². The van der Waals surface area contributed by atoms with E-state index >= 15 is 0 Å². The Hall–Kier alpha value is -2.52. The van der Waals surface area contributed by atoms with Crippen LogP contribution >= 0.6 is 0 Å². The van der Waals surface area contributed by atoms with Crippen molar-refractivity contribution in [2.24, 2.45) is 0 Å². The summed E-state index contributed by atoms with van der Waals surface area (Å²) in [6.07, 6.45) is 0.795. The van der Waals surface area contributed by atoms with Gasteiger partial charge in [0.05, 0.1) is 13.7 Å². The third-order valence-electron chi connectivity index (χ3n) is 4.95. The Morgan fingerprint density at radius 2 is 1.86 bits per heavy atom. The summed E-state index contributed by atoms with van der Waals surface area (Å²) in [4.78, 5) is 28.8. The maximum Gasteiger partial charge on any atom is 0.254 e. The minimum Gasteiger partial charge on any atom is -0.493 e. The molecule has 0 atom stereocenters. The number of benzene rings is 1. The molecule has 2 aliphatic heterocycles. The van der Waals surface area contributed by atoms with Gasteiger partial charge in [-0.15, -0.1) is 0 Å². The summed E-state index contributed by atoms with van der Waals surface area (Å²) >= 11 is 0. The van der Waals surface area contributed by atoms with E-state index in [0.29, 0.717) is 81.9 Å². The summed E-state index contributed by atoms with van der Waals surface area (Å²) in [6.45, 7) is 4.91.